The highest BCUT2D eigenvalue weighted by molar-refractivity contribution is 6.20. The number of pyridine rings is 1. The zero-order chi connectivity index (χ0) is 31.2. The molecule has 0 amide bonds. The molecule has 3 aromatic heterocycles. The van der Waals surface area contributed by atoms with Gasteiger partial charge in [0.1, 0.15) is 11.2 Å². The van der Waals surface area contributed by atoms with Gasteiger partial charge in [-0.25, -0.2) is 15.0 Å². The molecule has 0 aliphatic heterocycles. The lowest BCUT2D eigenvalue weighted by Gasteiger charge is -2.10. The average Bonchev–Trinajstić information content (AvgIpc) is 3.55. The Morgan fingerprint density at radius 3 is 1.60 bits per heavy atom. The molecular formula is C42H26N4O. The monoisotopic (exact) mass is 602 g/mol. The Hall–Kier alpha value is -6.46. The van der Waals surface area contributed by atoms with E-state index in [4.69, 9.17) is 24.4 Å². The average molecular weight is 603 g/mol. The highest BCUT2D eigenvalue weighted by Gasteiger charge is 2.20. The van der Waals surface area contributed by atoms with Crippen LogP contribution in [0.3, 0.4) is 0 Å². The fourth-order valence-corrected chi connectivity index (χ4v) is 6.24. The maximum atomic E-state index is 6.50. The van der Waals surface area contributed by atoms with E-state index in [2.05, 4.69) is 91.0 Å². The third-order valence-electron chi connectivity index (χ3n) is 8.59. The lowest BCUT2D eigenvalue weighted by Crippen LogP contribution is -2.00. The van der Waals surface area contributed by atoms with Crippen LogP contribution in [0, 0.1) is 0 Å². The van der Waals surface area contributed by atoms with Crippen molar-refractivity contribution in [3.05, 3.63) is 158 Å². The molecule has 0 fully saturated rings. The third-order valence-corrected chi connectivity index (χ3v) is 8.59. The van der Waals surface area contributed by atoms with E-state index in [0.29, 0.717) is 23.1 Å². The number of para-hydroxylation sites is 1. The number of fused-ring (bicyclic) bond motifs is 5. The Morgan fingerprint density at radius 2 is 0.936 bits per heavy atom. The molecule has 0 saturated heterocycles. The molecule has 6 aromatic carbocycles. The van der Waals surface area contributed by atoms with E-state index in [1.807, 2.05) is 66.9 Å². The number of hydrogen-bond acceptors (Lipinski definition) is 5. The van der Waals surface area contributed by atoms with E-state index in [-0.39, 0.29) is 0 Å². The SMILES string of the molecule is c1ccc(-c2ccc(-c3ccc(-c4nc(-c5ccccc5)nc(-c5cc6cccnc6c6c5oc5ccccc56)n4)cc3)cc2)cc1. The third kappa shape index (κ3) is 4.82. The predicted octanol–water partition coefficient (Wildman–Crippen LogP) is 10.7. The van der Waals surface area contributed by atoms with Crippen LogP contribution in [0.15, 0.2) is 162 Å². The summed E-state index contributed by atoms with van der Waals surface area (Å²) in [5.41, 5.74) is 9.68. The predicted molar refractivity (Wildman–Crippen MR) is 190 cm³/mol. The van der Waals surface area contributed by atoms with Gasteiger partial charge >= 0.3 is 0 Å². The number of benzene rings is 6. The van der Waals surface area contributed by atoms with Crippen molar-refractivity contribution in [1.82, 2.24) is 19.9 Å². The fourth-order valence-electron chi connectivity index (χ4n) is 6.24. The van der Waals surface area contributed by atoms with Crippen LogP contribution < -0.4 is 0 Å². The van der Waals surface area contributed by atoms with E-state index in [1.54, 1.807) is 0 Å². The van der Waals surface area contributed by atoms with Gasteiger partial charge in [-0.1, -0.05) is 133 Å². The molecule has 5 heteroatoms. The van der Waals surface area contributed by atoms with Gasteiger partial charge in [-0.2, -0.15) is 0 Å². The minimum Gasteiger partial charge on any atom is -0.455 e. The first-order chi connectivity index (χ1) is 23.3. The summed E-state index contributed by atoms with van der Waals surface area (Å²) < 4.78 is 6.50. The van der Waals surface area contributed by atoms with E-state index in [0.717, 1.165) is 55.1 Å². The van der Waals surface area contributed by atoms with Gasteiger partial charge in [-0.15, -0.1) is 0 Å². The molecule has 0 aliphatic rings. The Balaban J connectivity index is 1.18. The van der Waals surface area contributed by atoms with Crippen molar-refractivity contribution in [2.45, 2.75) is 0 Å². The van der Waals surface area contributed by atoms with Crippen LogP contribution in [0.25, 0.3) is 89.3 Å². The molecule has 0 spiro atoms. The largest absolute Gasteiger partial charge is 0.455 e. The van der Waals surface area contributed by atoms with Gasteiger partial charge in [0, 0.05) is 28.1 Å². The van der Waals surface area contributed by atoms with Crippen LogP contribution in [0.1, 0.15) is 0 Å². The second-order valence-corrected chi connectivity index (χ2v) is 11.5. The molecule has 0 atom stereocenters. The van der Waals surface area contributed by atoms with Crippen LogP contribution in [-0.2, 0) is 0 Å². The lowest BCUT2D eigenvalue weighted by atomic mass is 9.99. The molecule has 0 N–H and O–H groups in total. The maximum Gasteiger partial charge on any atom is 0.167 e. The fraction of sp³-hybridized carbons (Fsp3) is 0. The second kappa shape index (κ2) is 11.2. The maximum absolute atomic E-state index is 6.50. The Morgan fingerprint density at radius 1 is 0.426 bits per heavy atom. The van der Waals surface area contributed by atoms with Crippen molar-refractivity contribution < 1.29 is 4.42 Å². The van der Waals surface area contributed by atoms with Gasteiger partial charge in [0.05, 0.1) is 16.5 Å². The summed E-state index contributed by atoms with van der Waals surface area (Å²) in [6, 6.07) is 51.7. The number of aromatic nitrogens is 4. The Kier molecular flexibility index (Phi) is 6.39. The van der Waals surface area contributed by atoms with Crippen LogP contribution >= 0.6 is 0 Å². The van der Waals surface area contributed by atoms with Crippen LogP contribution in [0.4, 0.5) is 0 Å². The van der Waals surface area contributed by atoms with Gasteiger partial charge in [0.15, 0.2) is 17.5 Å². The first-order valence-electron chi connectivity index (χ1n) is 15.6. The zero-order valence-corrected chi connectivity index (χ0v) is 25.2. The van der Waals surface area contributed by atoms with E-state index in [9.17, 15) is 0 Å². The minimum absolute atomic E-state index is 0.546. The first-order valence-corrected chi connectivity index (χ1v) is 15.6. The van der Waals surface area contributed by atoms with E-state index >= 15 is 0 Å². The summed E-state index contributed by atoms with van der Waals surface area (Å²) in [6.45, 7) is 0. The van der Waals surface area contributed by atoms with Gasteiger partial charge < -0.3 is 4.42 Å². The molecule has 0 saturated carbocycles. The van der Waals surface area contributed by atoms with Crippen molar-refractivity contribution in [3.63, 3.8) is 0 Å². The van der Waals surface area contributed by atoms with Gasteiger partial charge in [0.2, 0.25) is 0 Å². The summed E-state index contributed by atoms with van der Waals surface area (Å²) in [5.74, 6) is 1.74. The van der Waals surface area contributed by atoms with Gasteiger partial charge in [-0.05, 0) is 40.5 Å². The standard InChI is InChI=1S/C42H26N4O/c1-3-10-27(11-4-1)28-17-19-29(20-18-28)30-21-23-32(24-22-30)41-44-40(31-12-5-2-6-13-31)45-42(46-41)35-26-33-14-9-25-43-38(33)37-34-15-7-8-16-36(34)47-39(35)37/h1-26H. The summed E-state index contributed by atoms with van der Waals surface area (Å²) in [7, 11) is 0. The molecule has 3 heterocycles. The molecule has 220 valence electrons. The zero-order valence-electron chi connectivity index (χ0n) is 25.2. The van der Waals surface area contributed by atoms with Crippen molar-refractivity contribution >= 4 is 32.8 Å². The molecule has 9 rings (SSSR count). The van der Waals surface area contributed by atoms with Gasteiger partial charge in [0.25, 0.3) is 0 Å². The molecule has 0 unspecified atom stereocenters. The van der Waals surface area contributed by atoms with E-state index < -0.39 is 0 Å². The van der Waals surface area contributed by atoms with E-state index in [1.165, 1.54) is 11.1 Å². The molecule has 0 aliphatic carbocycles. The lowest BCUT2D eigenvalue weighted by molar-refractivity contribution is 0.669. The molecule has 5 nitrogen and oxygen atoms in total. The molecule has 47 heavy (non-hydrogen) atoms. The van der Waals surface area contributed by atoms with Gasteiger partial charge in [-0.3, -0.25) is 4.98 Å². The number of rotatable bonds is 5. The van der Waals surface area contributed by atoms with Crippen molar-refractivity contribution in [2.24, 2.45) is 0 Å². The topological polar surface area (TPSA) is 64.7 Å². The van der Waals surface area contributed by atoms with Crippen LogP contribution in [0.5, 0.6) is 0 Å². The molecule has 0 radical (unpaired) electrons. The Labute approximate surface area is 270 Å². The Bertz CT molecular complexity index is 2540. The summed E-state index contributed by atoms with van der Waals surface area (Å²) in [6.07, 6.45) is 1.82. The van der Waals surface area contributed by atoms with Crippen molar-refractivity contribution in [3.8, 4) is 56.4 Å². The van der Waals surface area contributed by atoms with Crippen molar-refractivity contribution in [1.29, 1.82) is 0 Å². The molecular weight excluding hydrogens is 576 g/mol. The van der Waals surface area contributed by atoms with Crippen LogP contribution in [0.2, 0.25) is 0 Å². The highest BCUT2D eigenvalue weighted by atomic mass is 16.3. The smallest absolute Gasteiger partial charge is 0.167 e. The first kappa shape index (κ1) is 26.9. The summed E-state index contributed by atoms with van der Waals surface area (Å²) >= 11 is 0. The highest BCUT2D eigenvalue weighted by Crippen LogP contribution is 2.40. The number of nitrogens with zero attached hydrogens (tertiary/aromatic N) is 4. The number of hydrogen-bond donors (Lipinski definition) is 0. The molecule has 0 bridgehead atoms. The minimum atomic E-state index is 0.546. The summed E-state index contributed by atoms with van der Waals surface area (Å²) in [4.78, 5) is 19.8. The van der Waals surface area contributed by atoms with Crippen molar-refractivity contribution in [2.75, 3.05) is 0 Å². The summed E-state index contributed by atoms with van der Waals surface area (Å²) in [5, 5.41) is 2.96. The number of furan rings is 1. The quantitative estimate of drug-likeness (QED) is 0.196. The second-order valence-electron chi connectivity index (χ2n) is 11.5. The molecule has 9 aromatic rings. The normalized spacial score (nSPS) is 11.4. The van der Waals surface area contributed by atoms with Crippen LogP contribution in [-0.4, -0.2) is 19.9 Å².